The largest absolute Gasteiger partial charge is 0.367 e. The summed E-state index contributed by atoms with van der Waals surface area (Å²) in [6.07, 6.45) is 8.35. The first-order valence-electron chi connectivity index (χ1n) is 5.36. The minimum absolute atomic E-state index is 0.772. The highest BCUT2D eigenvalue weighted by molar-refractivity contribution is 8.06. The Kier molecular flexibility index (Phi) is 2.97. The molecule has 0 aromatic heterocycles. The van der Waals surface area contributed by atoms with Gasteiger partial charge in [-0.05, 0) is 31.5 Å². The van der Waals surface area contributed by atoms with Crippen LogP contribution in [0.4, 0.5) is 0 Å². The molecule has 0 radical (unpaired) electrons. The highest BCUT2D eigenvalue weighted by Crippen LogP contribution is 2.28. The lowest BCUT2D eigenvalue weighted by atomic mass is 10.2. The first-order chi connectivity index (χ1) is 7.60. The number of aryl methyl sites for hydroxylation is 1. The summed E-state index contributed by atoms with van der Waals surface area (Å²) in [6, 6.07) is 7.96. The molecule has 0 saturated heterocycles. The summed E-state index contributed by atoms with van der Waals surface area (Å²) >= 11 is 0. The van der Waals surface area contributed by atoms with E-state index in [-0.39, 0.29) is 0 Å². The summed E-state index contributed by atoms with van der Waals surface area (Å²) in [6.45, 7) is 2.04. The number of dihydropyridines is 1. The molecular formula is C13H17NOS. The van der Waals surface area contributed by atoms with Crippen molar-refractivity contribution in [2.45, 2.75) is 18.2 Å². The van der Waals surface area contributed by atoms with Crippen LogP contribution in [0.5, 0.6) is 0 Å². The van der Waals surface area contributed by atoms with Crippen molar-refractivity contribution in [2.75, 3.05) is 6.26 Å². The summed E-state index contributed by atoms with van der Waals surface area (Å²) in [5, 5.41) is 3.01. The van der Waals surface area contributed by atoms with Crippen molar-refractivity contribution in [1.82, 2.24) is 5.32 Å². The standard InChI is InChI=1S/C13H17NOS/c1-11-5-7-12(8-6-11)16(2,15)13-4-3-9-14-10-13/h3,5-10,14,16H,4H2,1-2H3. The quantitative estimate of drug-likeness (QED) is 0.770. The number of allylic oxidation sites excluding steroid dienone is 2. The minimum atomic E-state index is -2.39. The molecule has 0 spiro atoms. The Hall–Kier alpha value is -1.35. The molecule has 1 aromatic rings. The van der Waals surface area contributed by atoms with E-state index in [1.807, 2.05) is 55.9 Å². The normalized spacial score (nSPS) is 16.5. The van der Waals surface area contributed by atoms with Crippen LogP contribution in [-0.4, -0.2) is 10.5 Å². The van der Waals surface area contributed by atoms with Crippen molar-refractivity contribution in [2.24, 2.45) is 0 Å². The topological polar surface area (TPSA) is 29.1 Å². The molecule has 0 saturated carbocycles. The van der Waals surface area contributed by atoms with E-state index in [0.717, 1.165) is 16.2 Å². The molecule has 86 valence electrons. The maximum Gasteiger partial charge on any atom is 0.0183 e. The molecule has 0 amide bonds. The second kappa shape index (κ2) is 4.26. The van der Waals surface area contributed by atoms with Gasteiger partial charge in [0.15, 0.2) is 0 Å². The van der Waals surface area contributed by atoms with E-state index in [4.69, 9.17) is 0 Å². The van der Waals surface area contributed by atoms with Gasteiger partial charge in [-0.2, -0.15) is 0 Å². The number of benzene rings is 1. The molecule has 2 nitrogen and oxygen atoms in total. The smallest absolute Gasteiger partial charge is 0.0183 e. The molecule has 0 atom stereocenters. The molecular weight excluding hydrogens is 218 g/mol. The van der Waals surface area contributed by atoms with E-state index in [9.17, 15) is 4.21 Å². The average molecular weight is 235 g/mol. The Morgan fingerprint density at radius 1 is 1.25 bits per heavy atom. The van der Waals surface area contributed by atoms with E-state index < -0.39 is 9.93 Å². The van der Waals surface area contributed by atoms with Crippen LogP contribution in [0.3, 0.4) is 0 Å². The van der Waals surface area contributed by atoms with Crippen molar-refractivity contribution in [1.29, 1.82) is 0 Å². The van der Waals surface area contributed by atoms with Gasteiger partial charge >= 0.3 is 0 Å². The summed E-state index contributed by atoms with van der Waals surface area (Å²) in [5.74, 6) is 0. The Balaban J connectivity index is 2.35. The molecule has 16 heavy (non-hydrogen) atoms. The average Bonchev–Trinajstić information content (AvgIpc) is 2.31. The first-order valence-corrected chi connectivity index (χ1v) is 7.51. The predicted octanol–water partition coefficient (Wildman–Crippen LogP) is 2.35. The molecule has 1 aromatic carbocycles. The van der Waals surface area contributed by atoms with Crippen molar-refractivity contribution in [3.05, 3.63) is 53.2 Å². The number of nitrogens with one attached hydrogen (secondary N) is 1. The van der Waals surface area contributed by atoms with Crippen LogP contribution >= 0.6 is 0 Å². The molecule has 1 N–H and O–H groups in total. The van der Waals surface area contributed by atoms with Gasteiger partial charge in [-0.25, -0.2) is 0 Å². The van der Waals surface area contributed by atoms with Gasteiger partial charge in [-0.1, -0.05) is 33.7 Å². The van der Waals surface area contributed by atoms with Crippen molar-refractivity contribution in [3.63, 3.8) is 0 Å². The Bertz CT molecular complexity index is 485. The minimum Gasteiger partial charge on any atom is -0.367 e. The van der Waals surface area contributed by atoms with Gasteiger partial charge in [-0.15, -0.1) is 0 Å². The van der Waals surface area contributed by atoms with Crippen molar-refractivity contribution in [3.8, 4) is 0 Å². The van der Waals surface area contributed by atoms with Gasteiger partial charge < -0.3 is 5.32 Å². The maximum absolute atomic E-state index is 12.7. The van der Waals surface area contributed by atoms with E-state index in [2.05, 4.69) is 5.32 Å². The van der Waals surface area contributed by atoms with Crippen LogP contribution in [0.1, 0.15) is 12.0 Å². The SMILES string of the molecule is Cc1ccc([SH](C)(=O)C2=CNC=CC2)cc1. The van der Waals surface area contributed by atoms with E-state index >= 15 is 0 Å². The van der Waals surface area contributed by atoms with Crippen LogP contribution in [-0.2, 0) is 9.93 Å². The monoisotopic (exact) mass is 235 g/mol. The molecule has 2 rings (SSSR count). The van der Waals surface area contributed by atoms with Gasteiger partial charge in [0.05, 0.1) is 0 Å². The van der Waals surface area contributed by atoms with Gasteiger partial charge in [-0.3, -0.25) is 4.21 Å². The number of hydrogen-bond acceptors (Lipinski definition) is 2. The Labute approximate surface area is 97.5 Å². The zero-order valence-corrected chi connectivity index (χ0v) is 10.5. The zero-order chi connectivity index (χ0) is 11.6. The summed E-state index contributed by atoms with van der Waals surface area (Å²) in [4.78, 5) is 1.92. The fraction of sp³-hybridized carbons (Fsp3) is 0.231. The van der Waals surface area contributed by atoms with E-state index in [1.54, 1.807) is 0 Å². The molecule has 0 fully saturated rings. The van der Waals surface area contributed by atoms with Crippen LogP contribution < -0.4 is 5.32 Å². The van der Waals surface area contributed by atoms with E-state index in [0.29, 0.717) is 0 Å². The number of hydrogen-bond donors (Lipinski definition) is 2. The highest BCUT2D eigenvalue weighted by Gasteiger charge is 2.17. The van der Waals surface area contributed by atoms with Crippen LogP contribution in [0.2, 0.25) is 0 Å². The second-order valence-corrected chi connectivity index (χ2v) is 7.11. The third kappa shape index (κ3) is 2.09. The third-order valence-corrected chi connectivity index (χ3v) is 5.56. The fourth-order valence-corrected chi connectivity index (χ4v) is 3.57. The van der Waals surface area contributed by atoms with Crippen molar-refractivity contribution >= 4 is 9.93 Å². The highest BCUT2D eigenvalue weighted by atomic mass is 32.2. The summed E-state index contributed by atoms with van der Waals surface area (Å²) < 4.78 is 12.7. The van der Waals surface area contributed by atoms with E-state index in [1.165, 1.54) is 5.56 Å². The van der Waals surface area contributed by atoms with Crippen LogP contribution in [0.25, 0.3) is 0 Å². The van der Waals surface area contributed by atoms with Gasteiger partial charge in [0.1, 0.15) is 0 Å². The number of thiol groups is 1. The van der Waals surface area contributed by atoms with Gasteiger partial charge in [0.2, 0.25) is 0 Å². The second-order valence-electron chi connectivity index (χ2n) is 4.17. The molecule has 0 aliphatic carbocycles. The molecule has 0 unspecified atom stereocenters. The summed E-state index contributed by atoms with van der Waals surface area (Å²) in [5.41, 5.74) is 1.19. The van der Waals surface area contributed by atoms with Crippen LogP contribution in [0, 0.1) is 6.92 Å². The Morgan fingerprint density at radius 3 is 2.50 bits per heavy atom. The molecule has 1 aliphatic heterocycles. The molecule has 3 heteroatoms. The zero-order valence-electron chi connectivity index (χ0n) is 9.60. The predicted molar refractivity (Wildman–Crippen MR) is 69.9 cm³/mol. The molecule has 0 bridgehead atoms. The molecule has 1 heterocycles. The fourth-order valence-electron chi connectivity index (χ4n) is 1.74. The third-order valence-electron chi connectivity index (χ3n) is 2.87. The number of rotatable bonds is 2. The van der Waals surface area contributed by atoms with Crippen LogP contribution in [0.15, 0.2) is 52.5 Å². The summed E-state index contributed by atoms with van der Waals surface area (Å²) in [7, 11) is -2.39. The van der Waals surface area contributed by atoms with Crippen molar-refractivity contribution < 1.29 is 4.21 Å². The van der Waals surface area contributed by atoms with Gasteiger partial charge in [0.25, 0.3) is 0 Å². The lowest BCUT2D eigenvalue weighted by Gasteiger charge is -2.23. The van der Waals surface area contributed by atoms with Gasteiger partial charge in [0, 0.05) is 22.4 Å². The maximum atomic E-state index is 12.7. The molecule has 1 aliphatic rings. The lowest BCUT2D eigenvalue weighted by molar-refractivity contribution is 0.677. The first kappa shape index (κ1) is 11.1. The Morgan fingerprint density at radius 2 is 1.94 bits per heavy atom. The lowest BCUT2D eigenvalue weighted by Crippen LogP contribution is -2.16.